The highest BCUT2D eigenvalue weighted by Crippen LogP contribution is 2.13. The third kappa shape index (κ3) is 3.85. The monoisotopic (exact) mass is 265 g/mol. The van der Waals surface area contributed by atoms with Crippen molar-refractivity contribution in [1.29, 1.82) is 0 Å². The number of rotatable bonds is 6. The van der Waals surface area contributed by atoms with E-state index in [0.29, 0.717) is 0 Å². The summed E-state index contributed by atoms with van der Waals surface area (Å²) in [5, 5.41) is 13.5. The average Bonchev–Trinajstić information content (AvgIpc) is 2.82. The van der Waals surface area contributed by atoms with Gasteiger partial charge in [0.1, 0.15) is 15.8 Å². The minimum absolute atomic E-state index is 0.181. The molecule has 2 rings (SSSR count). The summed E-state index contributed by atoms with van der Waals surface area (Å²) >= 11 is 1.64. The van der Waals surface area contributed by atoms with Crippen LogP contribution in [0.25, 0.3) is 0 Å². The highest BCUT2D eigenvalue weighted by Gasteiger charge is 2.04. The van der Waals surface area contributed by atoms with E-state index in [9.17, 15) is 4.39 Å². The smallest absolute Gasteiger partial charge is 0.123 e. The van der Waals surface area contributed by atoms with Gasteiger partial charge in [-0.3, -0.25) is 0 Å². The Labute approximate surface area is 110 Å². The van der Waals surface area contributed by atoms with Gasteiger partial charge >= 0.3 is 0 Å². The van der Waals surface area contributed by atoms with Crippen molar-refractivity contribution >= 4 is 11.3 Å². The molecule has 0 aliphatic carbocycles. The Bertz CT molecular complexity index is 498. The molecule has 0 unspecified atom stereocenters. The third-order valence-corrected chi connectivity index (χ3v) is 3.66. The van der Waals surface area contributed by atoms with Crippen LogP contribution in [-0.2, 0) is 19.3 Å². The van der Waals surface area contributed by atoms with Crippen molar-refractivity contribution in [1.82, 2.24) is 15.5 Å². The van der Waals surface area contributed by atoms with Crippen LogP contribution in [0, 0.1) is 5.82 Å². The molecule has 96 valence electrons. The zero-order valence-corrected chi connectivity index (χ0v) is 11.1. The molecule has 0 radical (unpaired) electrons. The molecule has 5 heteroatoms. The lowest BCUT2D eigenvalue weighted by atomic mass is 10.1. The lowest BCUT2D eigenvalue weighted by molar-refractivity contribution is 0.625. The summed E-state index contributed by atoms with van der Waals surface area (Å²) in [6.45, 7) is 0.915. The zero-order chi connectivity index (χ0) is 12.8. The molecule has 0 spiro atoms. The van der Waals surface area contributed by atoms with Crippen LogP contribution >= 0.6 is 11.3 Å². The van der Waals surface area contributed by atoms with Crippen molar-refractivity contribution in [3.63, 3.8) is 0 Å². The molecule has 0 aliphatic rings. The molecule has 2 aromatic rings. The fraction of sp³-hybridized carbons (Fsp3) is 0.385. The summed E-state index contributed by atoms with van der Waals surface area (Å²) in [5.41, 5.74) is 1.00. The molecule has 0 aliphatic heterocycles. The van der Waals surface area contributed by atoms with Crippen LogP contribution in [0.2, 0.25) is 0 Å². The molecular formula is C13H16FN3S. The molecule has 0 atom stereocenters. The van der Waals surface area contributed by atoms with Gasteiger partial charge in [0.15, 0.2) is 0 Å². The van der Waals surface area contributed by atoms with E-state index in [1.807, 2.05) is 13.1 Å². The summed E-state index contributed by atoms with van der Waals surface area (Å²) in [6.07, 6.45) is 2.53. The van der Waals surface area contributed by atoms with Gasteiger partial charge in [0, 0.05) is 19.4 Å². The van der Waals surface area contributed by atoms with Crippen LogP contribution in [0.1, 0.15) is 15.6 Å². The third-order valence-electron chi connectivity index (χ3n) is 2.61. The van der Waals surface area contributed by atoms with E-state index in [4.69, 9.17) is 0 Å². The first-order valence-corrected chi connectivity index (χ1v) is 6.80. The minimum atomic E-state index is -0.181. The molecule has 0 bridgehead atoms. The van der Waals surface area contributed by atoms with Gasteiger partial charge < -0.3 is 5.32 Å². The Morgan fingerprint density at radius 3 is 2.67 bits per heavy atom. The van der Waals surface area contributed by atoms with Gasteiger partial charge in [0.2, 0.25) is 0 Å². The number of halogens is 1. The highest BCUT2D eigenvalue weighted by molar-refractivity contribution is 7.11. The molecule has 1 heterocycles. The van der Waals surface area contributed by atoms with Crippen molar-refractivity contribution in [2.45, 2.75) is 19.3 Å². The van der Waals surface area contributed by atoms with E-state index in [1.165, 1.54) is 6.07 Å². The summed E-state index contributed by atoms with van der Waals surface area (Å²) in [6, 6.07) is 6.71. The Morgan fingerprint density at radius 1 is 1.17 bits per heavy atom. The summed E-state index contributed by atoms with van der Waals surface area (Å²) in [4.78, 5) is 0. The lowest BCUT2D eigenvalue weighted by Gasteiger charge is -1.98. The standard InChI is InChI=1S/C13H16FN3S/c1-15-8-7-13-17-16-12(18-13)6-5-10-3-2-4-11(14)9-10/h2-4,9,15H,5-8H2,1H3. The summed E-state index contributed by atoms with van der Waals surface area (Å²) in [7, 11) is 1.92. The van der Waals surface area contributed by atoms with Gasteiger partial charge in [-0.25, -0.2) is 4.39 Å². The van der Waals surface area contributed by atoms with E-state index in [0.717, 1.165) is 41.4 Å². The number of nitrogens with zero attached hydrogens (tertiary/aromatic N) is 2. The first-order valence-electron chi connectivity index (χ1n) is 5.98. The molecule has 18 heavy (non-hydrogen) atoms. The molecule has 3 nitrogen and oxygen atoms in total. The maximum absolute atomic E-state index is 13.0. The molecule has 0 amide bonds. The second kappa shape index (κ2) is 6.56. The number of hydrogen-bond donors (Lipinski definition) is 1. The Hall–Kier alpha value is -1.33. The van der Waals surface area contributed by atoms with Gasteiger partial charge in [-0.2, -0.15) is 0 Å². The van der Waals surface area contributed by atoms with Crippen molar-refractivity contribution in [2.24, 2.45) is 0 Å². The summed E-state index contributed by atoms with van der Waals surface area (Å²) in [5.74, 6) is -0.181. The van der Waals surface area contributed by atoms with E-state index >= 15 is 0 Å². The van der Waals surface area contributed by atoms with Crippen molar-refractivity contribution in [3.8, 4) is 0 Å². The van der Waals surface area contributed by atoms with E-state index in [2.05, 4.69) is 15.5 Å². The highest BCUT2D eigenvalue weighted by atomic mass is 32.1. The predicted molar refractivity (Wildman–Crippen MR) is 71.3 cm³/mol. The van der Waals surface area contributed by atoms with Gasteiger partial charge in [-0.15, -0.1) is 21.5 Å². The van der Waals surface area contributed by atoms with Crippen molar-refractivity contribution in [3.05, 3.63) is 45.7 Å². The second-order valence-electron chi connectivity index (χ2n) is 4.07. The molecule has 1 aromatic carbocycles. The van der Waals surface area contributed by atoms with Crippen LogP contribution in [-0.4, -0.2) is 23.8 Å². The van der Waals surface area contributed by atoms with Crippen LogP contribution < -0.4 is 5.32 Å². The van der Waals surface area contributed by atoms with E-state index in [-0.39, 0.29) is 5.82 Å². The summed E-state index contributed by atoms with van der Waals surface area (Å²) < 4.78 is 13.0. The number of aromatic nitrogens is 2. The van der Waals surface area contributed by atoms with Gasteiger partial charge in [-0.05, 0) is 31.2 Å². The van der Waals surface area contributed by atoms with Gasteiger partial charge in [0.05, 0.1) is 0 Å². The van der Waals surface area contributed by atoms with Gasteiger partial charge in [0.25, 0.3) is 0 Å². The zero-order valence-electron chi connectivity index (χ0n) is 10.3. The molecular weight excluding hydrogens is 249 g/mol. The maximum atomic E-state index is 13.0. The van der Waals surface area contributed by atoms with E-state index in [1.54, 1.807) is 23.5 Å². The molecule has 1 N–H and O–H groups in total. The van der Waals surface area contributed by atoms with Crippen LogP contribution in [0.5, 0.6) is 0 Å². The Balaban J connectivity index is 1.88. The van der Waals surface area contributed by atoms with Gasteiger partial charge in [-0.1, -0.05) is 12.1 Å². The molecule has 1 aromatic heterocycles. The lowest BCUT2D eigenvalue weighted by Crippen LogP contribution is -2.09. The number of likely N-dealkylation sites (N-methyl/N-ethyl adjacent to an activating group) is 1. The second-order valence-corrected chi connectivity index (χ2v) is 5.22. The fourth-order valence-corrected chi connectivity index (χ4v) is 2.51. The van der Waals surface area contributed by atoms with Crippen LogP contribution in [0.15, 0.2) is 24.3 Å². The normalized spacial score (nSPS) is 10.8. The van der Waals surface area contributed by atoms with E-state index < -0.39 is 0 Å². The fourth-order valence-electron chi connectivity index (χ4n) is 1.67. The van der Waals surface area contributed by atoms with Crippen molar-refractivity contribution < 1.29 is 4.39 Å². The average molecular weight is 265 g/mol. The number of hydrogen-bond acceptors (Lipinski definition) is 4. The predicted octanol–water partition coefficient (Wildman–Crippen LogP) is 2.22. The van der Waals surface area contributed by atoms with Crippen LogP contribution in [0.4, 0.5) is 4.39 Å². The quantitative estimate of drug-likeness (QED) is 0.870. The SMILES string of the molecule is CNCCc1nnc(CCc2cccc(F)c2)s1. The Kier molecular flexibility index (Phi) is 4.78. The minimum Gasteiger partial charge on any atom is -0.319 e. The first-order chi connectivity index (χ1) is 8.78. The number of nitrogens with one attached hydrogen (secondary N) is 1. The number of benzene rings is 1. The number of aryl methyl sites for hydroxylation is 2. The largest absolute Gasteiger partial charge is 0.319 e. The first kappa shape index (κ1) is 13.1. The topological polar surface area (TPSA) is 37.8 Å². The molecule has 0 saturated carbocycles. The molecule has 0 saturated heterocycles. The van der Waals surface area contributed by atoms with Crippen molar-refractivity contribution in [2.75, 3.05) is 13.6 Å². The van der Waals surface area contributed by atoms with Crippen LogP contribution in [0.3, 0.4) is 0 Å². The Morgan fingerprint density at radius 2 is 1.94 bits per heavy atom. The maximum Gasteiger partial charge on any atom is 0.123 e. The molecule has 0 fully saturated rings.